The van der Waals surface area contributed by atoms with Crippen molar-refractivity contribution in [2.24, 2.45) is 0 Å². The number of nitrogens with zero attached hydrogens (tertiary/aromatic N) is 1. The maximum Gasteiger partial charge on any atom is 0.263 e. The van der Waals surface area contributed by atoms with Gasteiger partial charge < -0.3 is 4.74 Å². The van der Waals surface area contributed by atoms with Crippen molar-refractivity contribution in [2.45, 2.75) is 11.8 Å². The Hall–Kier alpha value is -2.52. The van der Waals surface area contributed by atoms with Gasteiger partial charge in [-0.25, -0.2) is 22.2 Å². The summed E-state index contributed by atoms with van der Waals surface area (Å²) in [4.78, 5) is 4.78. The molecule has 0 fully saturated rings. The zero-order chi connectivity index (χ0) is 18.9. The van der Waals surface area contributed by atoms with Crippen LogP contribution in [0.4, 0.5) is 13.9 Å². The van der Waals surface area contributed by atoms with Crippen molar-refractivity contribution in [1.29, 1.82) is 0 Å². The van der Waals surface area contributed by atoms with E-state index in [1.807, 2.05) is 0 Å². The second kappa shape index (κ2) is 7.00. The minimum absolute atomic E-state index is 0.0485. The Morgan fingerprint density at radius 1 is 1.12 bits per heavy atom. The van der Waals surface area contributed by atoms with Crippen molar-refractivity contribution in [3.63, 3.8) is 0 Å². The number of aryl methyl sites for hydroxylation is 1. The number of aromatic nitrogens is 1. The third kappa shape index (κ3) is 3.68. The molecule has 3 aromatic rings. The first-order valence-corrected chi connectivity index (χ1v) is 9.70. The molecule has 0 aliphatic carbocycles. The van der Waals surface area contributed by atoms with Gasteiger partial charge in [-0.15, -0.1) is 11.3 Å². The van der Waals surface area contributed by atoms with Crippen LogP contribution in [0.25, 0.3) is 11.3 Å². The number of ether oxygens (including phenoxy) is 1. The molecule has 1 aromatic heterocycles. The fraction of sp³-hybridized carbons (Fsp3) is 0.118. The summed E-state index contributed by atoms with van der Waals surface area (Å²) in [6.07, 6.45) is 0. The van der Waals surface area contributed by atoms with Crippen LogP contribution in [0.3, 0.4) is 0 Å². The number of thiazole rings is 1. The van der Waals surface area contributed by atoms with Crippen LogP contribution < -0.4 is 9.46 Å². The summed E-state index contributed by atoms with van der Waals surface area (Å²) in [6.45, 7) is 1.78. The molecule has 0 saturated carbocycles. The molecule has 1 heterocycles. The van der Waals surface area contributed by atoms with Gasteiger partial charge in [-0.2, -0.15) is 0 Å². The van der Waals surface area contributed by atoms with Gasteiger partial charge in [0.2, 0.25) is 0 Å². The largest absolute Gasteiger partial charge is 0.494 e. The Labute approximate surface area is 153 Å². The average Bonchev–Trinajstić information content (AvgIpc) is 2.95. The van der Waals surface area contributed by atoms with Crippen molar-refractivity contribution in [3.05, 3.63) is 59.0 Å². The zero-order valence-electron chi connectivity index (χ0n) is 13.8. The van der Waals surface area contributed by atoms with Crippen molar-refractivity contribution in [3.8, 4) is 17.0 Å². The number of anilines is 1. The van der Waals surface area contributed by atoms with E-state index in [1.165, 1.54) is 31.4 Å². The predicted octanol–water partition coefficient (Wildman–Crippen LogP) is 4.21. The van der Waals surface area contributed by atoms with E-state index in [9.17, 15) is 17.2 Å². The lowest BCUT2D eigenvalue weighted by Gasteiger charge is -2.07. The van der Waals surface area contributed by atoms with E-state index in [1.54, 1.807) is 19.1 Å². The van der Waals surface area contributed by atoms with E-state index in [4.69, 9.17) is 4.74 Å². The predicted molar refractivity (Wildman–Crippen MR) is 96.0 cm³/mol. The quantitative estimate of drug-likeness (QED) is 0.702. The Morgan fingerprint density at radius 3 is 2.42 bits per heavy atom. The number of hydrogen-bond donors (Lipinski definition) is 1. The number of sulfonamides is 1. The van der Waals surface area contributed by atoms with E-state index in [0.29, 0.717) is 11.3 Å². The molecule has 0 aliphatic heterocycles. The van der Waals surface area contributed by atoms with Gasteiger partial charge >= 0.3 is 0 Å². The van der Waals surface area contributed by atoms with E-state index in [-0.39, 0.29) is 21.6 Å². The number of hydrogen-bond acceptors (Lipinski definition) is 5. The average molecular weight is 396 g/mol. The van der Waals surface area contributed by atoms with Crippen LogP contribution in [0.2, 0.25) is 0 Å². The Kier molecular flexibility index (Phi) is 4.92. The third-order valence-electron chi connectivity index (χ3n) is 3.57. The molecule has 9 heteroatoms. The first kappa shape index (κ1) is 18.3. The Morgan fingerprint density at radius 2 is 1.81 bits per heavy atom. The van der Waals surface area contributed by atoms with Gasteiger partial charge in [0.05, 0.1) is 17.7 Å². The molecule has 0 spiro atoms. The molecule has 0 radical (unpaired) electrons. The summed E-state index contributed by atoms with van der Waals surface area (Å²) in [6, 6.07) is 9.09. The number of halogens is 2. The highest BCUT2D eigenvalue weighted by molar-refractivity contribution is 7.93. The molecule has 136 valence electrons. The molecule has 0 atom stereocenters. The molecule has 26 heavy (non-hydrogen) atoms. The highest BCUT2D eigenvalue weighted by Crippen LogP contribution is 2.32. The second-order valence-corrected chi connectivity index (χ2v) is 8.22. The Balaban J connectivity index is 1.90. The summed E-state index contributed by atoms with van der Waals surface area (Å²) < 4.78 is 58.9. The van der Waals surface area contributed by atoms with Crippen molar-refractivity contribution < 1.29 is 21.9 Å². The number of benzene rings is 2. The molecule has 0 aliphatic rings. The second-order valence-electron chi connectivity index (χ2n) is 5.33. The summed E-state index contributed by atoms with van der Waals surface area (Å²) in [7, 11) is -2.72. The molecule has 0 saturated heterocycles. The van der Waals surface area contributed by atoms with Gasteiger partial charge in [0.15, 0.2) is 16.7 Å². The smallest absolute Gasteiger partial charge is 0.263 e. The lowest BCUT2D eigenvalue weighted by Crippen LogP contribution is -2.13. The van der Waals surface area contributed by atoms with Gasteiger partial charge in [0, 0.05) is 10.4 Å². The van der Waals surface area contributed by atoms with Crippen LogP contribution in [0.1, 0.15) is 4.88 Å². The lowest BCUT2D eigenvalue weighted by molar-refractivity contribution is 0.385. The molecule has 1 N–H and O–H groups in total. The van der Waals surface area contributed by atoms with Gasteiger partial charge in [-0.3, -0.25) is 4.72 Å². The van der Waals surface area contributed by atoms with Crippen molar-refractivity contribution in [1.82, 2.24) is 4.98 Å². The zero-order valence-corrected chi connectivity index (χ0v) is 15.4. The van der Waals surface area contributed by atoms with Gasteiger partial charge in [-0.1, -0.05) is 0 Å². The minimum Gasteiger partial charge on any atom is -0.494 e. The van der Waals surface area contributed by atoms with Crippen molar-refractivity contribution in [2.75, 3.05) is 11.8 Å². The van der Waals surface area contributed by atoms with E-state index in [2.05, 4.69) is 9.71 Å². The summed E-state index contributed by atoms with van der Waals surface area (Å²) in [5, 5.41) is 0.137. The standard InChI is InChI=1S/C17H14F2N2O3S2/c1-10-16(11-3-5-12(18)6-4-11)20-17(25-10)21-26(22,23)13-7-8-15(24-2)14(19)9-13/h3-9H,1-2H3,(H,20,21). The molecular weight excluding hydrogens is 382 g/mol. The number of nitrogens with one attached hydrogen (secondary N) is 1. The van der Waals surface area contributed by atoms with Crippen LogP contribution in [0.15, 0.2) is 47.4 Å². The maximum atomic E-state index is 13.8. The maximum absolute atomic E-state index is 13.8. The molecular formula is C17H14F2N2O3S2. The van der Waals surface area contributed by atoms with Crippen molar-refractivity contribution >= 4 is 26.5 Å². The van der Waals surface area contributed by atoms with E-state index >= 15 is 0 Å². The Bertz CT molecular complexity index is 1050. The first-order chi connectivity index (χ1) is 12.3. The number of methoxy groups -OCH3 is 1. The number of rotatable bonds is 5. The highest BCUT2D eigenvalue weighted by atomic mass is 32.2. The third-order valence-corrected chi connectivity index (χ3v) is 5.92. The first-order valence-electron chi connectivity index (χ1n) is 7.40. The SMILES string of the molecule is COc1ccc(S(=O)(=O)Nc2nc(-c3ccc(F)cc3)c(C)s2)cc1F. The molecule has 3 rings (SSSR count). The van der Waals surface area contributed by atoms with E-state index < -0.39 is 15.8 Å². The molecule has 5 nitrogen and oxygen atoms in total. The monoisotopic (exact) mass is 396 g/mol. The normalized spacial score (nSPS) is 11.4. The minimum atomic E-state index is -4.01. The topological polar surface area (TPSA) is 68.3 Å². The molecule has 2 aromatic carbocycles. The lowest BCUT2D eigenvalue weighted by atomic mass is 10.1. The van der Waals surface area contributed by atoms with Gasteiger partial charge in [-0.05, 0) is 49.4 Å². The van der Waals surface area contributed by atoms with Crippen LogP contribution in [0, 0.1) is 18.6 Å². The fourth-order valence-electron chi connectivity index (χ4n) is 2.30. The molecule has 0 bridgehead atoms. The summed E-state index contributed by atoms with van der Waals surface area (Å²) >= 11 is 1.13. The summed E-state index contributed by atoms with van der Waals surface area (Å²) in [5.74, 6) is -1.20. The highest BCUT2D eigenvalue weighted by Gasteiger charge is 2.20. The molecule has 0 unspecified atom stereocenters. The fourth-order valence-corrected chi connectivity index (χ4v) is 4.39. The van der Waals surface area contributed by atoms with Crippen LogP contribution >= 0.6 is 11.3 Å². The van der Waals surface area contributed by atoms with Crippen LogP contribution in [-0.2, 0) is 10.0 Å². The van der Waals surface area contributed by atoms with Gasteiger partial charge in [0.25, 0.3) is 10.0 Å². The molecule has 0 amide bonds. The van der Waals surface area contributed by atoms with Crippen LogP contribution in [-0.4, -0.2) is 20.5 Å². The van der Waals surface area contributed by atoms with Crippen LogP contribution in [0.5, 0.6) is 5.75 Å². The van der Waals surface area contributed by atoms with Gasteiger partial charge in [0.1, 0.15) is 5.82 Å². The summed E-state index contributed by atoms with van der Waals surface area (Å²) in [5.41, 5.74) is 1.22. The van der Waals surface area contributed by atoms with E-state index in [0.717, 1.165) is 22.3 Å².